The van der Waals surface area contributed by atoms with E-state index in [-0.39, 0.29) is 5.91 Å². The number of anilines is 1. The van der Waals surface area contributed by atoms with Gasteiger partial charge in [-0.15, -0.1) is 0 Å². The van der Waals surface area contributed by atoms with Crippen molar-refractivity contribution in [2.45, 2.75) is 0 Å². The zero-order chi connectivity index (χ0) is 15.9. The van der Waals surface area contributed by atoms with E-state index in [0.29, 0.717) is 28.3 Å². The average Bonchev–Trinajstić information content (AvgIpc) is 2.55. The number of hydrogen-bond acceptors (Lipinski definition) is 5. The van der Waals surface area contributed by atoms with Gasteiger partial charge in [0.15, 0.2) is 11.5 Å². The summed E-state index contributed by atoms with van der Waals surface area (Å²) in [7, 11) is 3.10. The van der Waals surface area contributed by atoms with E-state index >= 15 is 0 Å². The Bertz CT molecular complexity index is 682. The van der Waals surface area contributed by atoms with Gasteiger partial charge < -0.3 is 15.2 Å². The highest BCUT2D eigenvalue weighted by atomic mass is 16.5. The molecule has 0 unspecified atom stereocenters. The minimum atomic E-state index is -0.321. The number of rotatable bonds is 5. The number of carbonyl (C=O) groups is 1. The zero-order valence-corrected chi connectivity index (χ0v) is 12.4. The van der Waals surface area contributed by atoms with E-state index in [0.717, 1.165) is 0 Å². The fourth-order valence-electron chi connectivity index (χ4n) is 1.87. The van der Waals surface area contributed by atoms with Crippen LogP contribution in [0.25, 0.3) is 0 Å². The average molecular weight is 299 g/mol. The monoisotopic (exact) mass is 299 g/mol. The topological polar surface area (TPSA) is 85.9 Å². The molecule has 2 aromatic carbocycles. The van der Waals surface area contributed by atoms with Crippen LogP contribution in [0.3, 0.4) is 0 Å². The van der Waals surface area contributed by atoms with E-state index in [4.69, 9.17) is 15.2 Å². The molecule has 0 aliphatic carbocycles. The highest BCUT2D eigenvalue weighted by Gasteiger charge is 2.08. The van der Waals surface area contributed by atoms with Gasteiger partial charge >= 0.3 is 0 Å². The number of nitrogens with two attached hydrogens (primary N) is 1. The van der Waals surface area contributed by atoms with Gasteiger partial charge in [-0.3, -0.25) is 4.79 Å². The molecule has 0 atom stereocenters. The maximum absolute atomic E-state index is 11.9. The van der Waals surface area contributed by atoms with Crippen LogP contribution in [0.5, 0.6) is 11.5 Å². The highest BCUT2D eigenvalue weighted by molar-refractivity contribution is 5.95. The van der Waals surface area contributed by atoms with Gasteiger partial charge in [-0.05, 0) is 36.4 Å². The molecule has 22 heavy (non-hydrogen) atoms. The molecular weight excluding hydrogens is 282 g/mol. The smallest absolute Gasteiger partial charge is 0.271 e. The first-order valence-electron chi connectivity index (χ1n) is 6.55. The third kappa shape index (κ3) is 3.54. The number of nitrogens with zero attached hydrogens (tertiary/aromatic N) is 1. The Morgan fingerprint density at radius 2 is 1.86 bits per heavy atom. The first-order chi connectivity index (χ1) is 10.7. The lowest BCUT2D eigenvalue weighted by atomic mass is 10.2. The van der Waals surface area contributed by atoms with Crippen LogP contribution < -0.4 is 20.6 Å². The summed E-state index contributed by atoms with van der Waals surface area (Å²) in [5.74, 6) is 0.824. The van der Waals surface area contributed by atoms with Crippen LogP contribution in [0.1, 0.15) is 15.9 Å². The molecule has 0 aliphatic rings. The summed E-state index contributed by atoms with van der Waals surface area (Å²) in [5, 5.41) is 3.93. The van der Waals surface area contributed by atoms with Crippen molar-refractivity contribution in [1.82, 2.24) is 5.43 Å². The predicted octanol–water partition coefficient (Wildman–Crippen LogP) is 2.05. The molecule has 6 nitrogen and oxygen atoms in total. The lowest BCUT2D eigenvalue weighted by Gasteiger charge is -2.09. The van der Waals surface area contributed by atoms with Crippen molar-refractivity contribution in [1.29, 1.82) is 0 Å². The minimum absolute atomic E-state index is 0.321. The van der Waals surface area contributed by atoms with Gasteiger partial charge in [0.05, 0.1) is 20.4 Å². The molecule has 0 saturated carbocycles. The van der Waals surface area contributed by atoms with Crippen molar-refractivity contribution < 1.29 is 14.3 Å². The second-order valence-electron chi connectivity index (χ2n) is 4.40. The summed E-state index contributed by atoms with van der Waals surface area (Å²) in [4.78, 5) is 11.9. The molecule has 114 valence electrons. The summed E-state index contributed by atoms with van der Waals surface area (Å²) in [6.45, 7) is 0. The van der Waals surface area contributed by atoms with E-state index in [1.165, 1.54) is 6.21 Å². The summed E-state index contributed by atoms with van der Waals surface area (Å²) in [6.07, 6.45) is 1.50. The van der Waals surface area contributed by atoms with E-state index in [9.17, 15) is 4.79 Å². The summed E-state index contributed by atoms with van der Waals surface area (Å²) in [5.41, 5.74) is 9.79. The second-order valence-corrected chi connectivity index (χ2v) is 4.40. The van der Waals surface area contributed by atoms with Crippen molar-refractivity contribution >= 4 is 17.8 Å². The number of hydrazone groups is 1. The molecule has 0 radical (unpaired) electrons. The third-order valence-electron chi connectivity index (χ3n) is 2.98. The van der Waals surface area contributed by atoms with Gasteiger partial charge in [0.2, 0.25) is 0 Å². The van der Waals surface area contributed by atoms with Crippen LogP contribution in [-0.2, 0) is 0 Å². The SMILES string of the molecule is COc1cccc(/C=N\NC(=O)c2ccc(N)cc2)c1OC. The second kappa shape index (κ2) is 7.12. The van der Waals surface area contributed by atoms with Crippen LogP contribution in [0.2, 0.25) is 0 Å². The number of hydrogen-bond donors (Lipinski definition) is 2. The van der Waals surface area contributed by atoms with E-state index in [2.05, 4.69) is 10.5 Å². The van der Waals surface area contributed by atoms with Gasteiger partial charge in [0.25, 0.3) is 5.91 Å². The molecule has 3 N–H and O–H groups in total. The zero-order valence-electron chi connectivity index (χ0n) is 12.4. The summed E-state index contributed by atoms with van der Waals surface area (Å²) in [6, 6.07) is 12.0. The molecule has 0 aromatic heterocycles. The Hall–Kier alpha value is -3.02. The van der Waals surface area contributed by atoms with Crippen molar-refractivity contribution in [2.75, 3.05) is 20.0 Å². The first kappa shape index (κ1) is 15.4. The van der Waals surface area contributed by atoms with Gasteiger partial charge in [-0.25, -0.2) is 5.43 Å². The number of methoxy groups -OCH3 is 2. The van der Waals surface area contributed by atoms with Crippen LogP contribution in [-0.4, -0.2) is 26.3 Å². The normalized spacial score (nSPS) is 10.5. The number of para-hydroxylation sites is 1. The van der Waals surface area contributed by atoms with Crippen LogP contribution >= 0.6 is 0 Å². The largest absolute Gasteiger partial charge is 0.493 e. The number of ether oxygens (including phenoxy) is 2. The summed E-state index contributed by atoms with van der Waals surface area (Å²) < 4.78 is 10.5. The van der Waals surface area contributed by atoms with Crippen molar-refractivity contribution in [3.63, 3.8) is 0 Å². The summed E-state index contributed by atoms with van der Waals surface area (Å²) >= 11 is 0. The molecular formula is C16H17N3O3. The molecule has 0 spiro atoms. The van der Waals surface area contributed by atoms with Crippen LogP contribution in [0.15, 0.2) is 47.6 Å². The number of nitrogen functional groups attached to an aromatic ring is 1. The molecule has 0 aliphatic heterocycles. The molecule has 6 heteroatoms. The Morgan fingerprint density at radius 1 is 1.14 bits per heavy atom. The maximum atomic E-state index is 11.9. The number of benzene rings is 2. The molecule has 0 fully saturated rings. The molecule has 0 heterocycles. The van der Waals surface area contributed by atoms with Gasteiger partial charge in [0.1, 0.15) is 0 Å². The van der Waals surface area contributed by atoms with Gasteiger partial charge in [0, 0.05) is 16.8 Å². The Morgan fingerprint density at radius 3 is 2.50 bits per heavy atom. The molecule has 1 amide bonds. The predicted molar refractivity (Wildman–Crippen MR) is 85.5 cm³/mol. The quantitative estimate of drug-likeness (QED) is 0.502. The molecule has 2 rings (SSSR count). The minimum Gasteiger partial charge on any atom is -0.493 e. The Kier molecular flexibility index (Phi) is 4.98. The molecule has 0 bridgehead atoms. The highest BCUT2D eigenvalue weighted by Crippen LogP contribution is 2.29. The fourth-order valence-corrected chi connectivity index (χ4v) is 1.87. The van der Waals surface area contributed by atoms with E-state index in [1.807, 2.05) is 6.07 Å². The maximum Gasteiger partial charge on any atom is 0.271 e. The number of amides is 1. The first-order valence-corrected chi connectivity index (χ1v) is 6.55. The molecule has 0 saturated heterocycles. The van der Waals surface area contributed by atoms with Crippen molar-refractivity contribution in [3.8, 4) is 11.5 Å². The number of nitrogens with one attached hydrogen (secondary N) is 1. The lowest BCUT2D eigenvalue weighted by molar-refractivity contribution is 0.0955. The van der Waals surface area contributed by atoms with Crippen LogP contribution in [0, 0.1) is 0 Å². The molecule has 2 aromatic rings. The fraction of sp³-hybridized carbons (Fsp3) is 0.125. The lowest BCUT2D eigenvalue weighted by Crippen LogP contribution is -2.17. The van der Waals surface area contributed by atoms with Gasteiger partial charge in [-0.2, -0.15) is 5.10 Å². The Balaban J connectivity index is 2.09. The van der Waals surface area contributed by atoms with E-state index in [1.54, 1.807) is 50.6 Å². The van der Waals surface area contributed by atoms with Crippen molar-refractivity contribution in [2.24, 2.45) is 5.10 Å². The van der Waals surface area contributed by atoms with Crippen LogP contribution in [0.4, 0.5) is 5.69 Å². The van der Waals surface area contributed by atoms with E-state index < -0.39 is 0 Å². The standard InChI is InChI=1S/C16H17N3O3/c1-21-14-5-3-4-12(15(14)22-2)10-18-19-16(20)11-6-8-13(17)9-7-11/h3-10H,17H2,1-2H3,(H,19,20)/b18-10-. The van der Waals surface area contributed by atoms with Gasteiger partial charge in [-0.1, -0.05) is 6.07 Å². The number of carbonyl (C=O) groups excluding carboxylic acids is 1. The Labute approximate surface area is 128 Å². The van der Waals surface area contributed by atoms with Crippen molar-refractivity contribution in [3.05, 3.63) is 53.6 Å². The third-order valence-corrected chi connectivity index (χ3v) is 2.98.